The molecule has 1 rings (SSSR count). The predicted molar refractivity (Wildman–Crippen MR) is 73.9 cm³/mol. The van der Waals surface area contributed by atoms with Crippen LogP contribution in [0.1, 0.15) is 58.9 Å². The SMILES string of the molecule is Cc1c(C)c(C)c(C(=O)C(C)(C)C)c(C)c1C. The first-order valence-electron chi connectivity index (χ1n) is 6.20. The van der Waals surface area contributed by atoms with Crippen LogP contribution in [0.15, 0.2) is 0 Å². The third kappa shape index (κ3) is 2.29. The number of carbonyl (C=O) groups excluding carboxylic acids is 1. The van der Waals surface area contributed by atoms with E-state index in [9.17, 15) is 4.79 Å². The van der Waals surface area contributed by atoms with E-state index in [1.165, 1.54) is 16.7 Å². The van der Waals surface area contributed by atoms with Crippen LogP contribution in [0, 0.1) is 40.0 Å². The summed E-state index contributed by atoms with van der Waals surface area (Å²) in [6.45, 7) is 16.4. The van der Waals surface area contributed by atoms with Crippen LogP contribution >= 0.6 is 0 Å². The molecule has 17 heavy (non-hydrogen) atoms. The Hall–Kier alpha value is -1.11. The van der Waals surface area contributed by atoms with E-state index in [2.05, 4.69) is 34.6 Å². The van der Waals surface area contributed by atoms with Crippen molar-refractivity contribution in [2.24, 2.45) is 5.41 Å². The highest BCUT2D eigenvalue weighted by Crippen LogP contribution is 2.31. The zero-order valence-corrected chi connectivity index (χ0v) is 12.4. The van der Waals surface area contributed by atoms with E-state index in [0.29, 0.717) is 0 Å². The summed E-state index contributed by atoms with van der Waals surface area (Å²) in [5.74, 6) is 0.249. The Bertz CT molecular complexity index is 444. The van der Waals surface area contributed by atoms with Crippen molar-refractivity contribution in [1.82, 2.24) is 0 Å². The van der Waals surface area contributed by atoms with Gasteiger partial charge in [-0.25, -0.2) is 0 Å². The van der Waals surface area contributed by atoms with Gasteiger partial charge in [0, 0.05) is 11.0 Å². The normalized spacial score (nSPS) is 11.8. The van der Waals surface area contributed by atoms with E-state index < -0.39 is 0 Å². The van der Waals surface area contributed by atoms with Crippen molar-refractivity contribution >= 4 is 5.78 Å². The Balaban J connectivity index is 3.62. The van der Waals surface area contributed by atoms with Crippen LogP contribution < -0.4 is 0 Å². The van der Waals surface area contributed by atoms with Crippen LogP contribution in [0.25, 0.3) is 0 Å². The van der Waals surface area contributed by atoms with Gasteiger partial charge in [-0.05, 0) is 62.4 Å². The molecule has 0 atom stereocenters. The van der Waals surface area contributed by atoms with Gasteiger partial charge >= 0.3 is 0 Å². The van der Waals surface area contributed by atoms with E-state index >= 15 is 0 Å². The number of rotatable bonds is 1. The molecule has 0 bridgehead atoms. The third-order valence-corrected chi connectivity index (χ3v) is 3.91. The lowest BCUT2D eigenvalue weighted by molar-refractivity contribution is 0.0856. The molecule has 0 unspecified atom stereocenters. The molecule has 0 aromatic heterocycles. The van der Waals surface area contributed by atoms with Crippen LogP contribution in [-0.2, 0) is 0 Å². The Kier molecular flexibility index (Phi) is 3.52. The van der Waals surface area contributed by atoms with E-state index in [-0.39, 0.29) is 11.2 Å². The molecular weight excluding hydrogens is 208 g/mol. The number of ketones is 1. The quantitative estimate of drug-likeness (QED) is 0.653. The van der Waals surface area contributed by atoms with Gasteiger partial charge in [0.1, 0.15) is 0 Å². The smallest absolute Gasteiger partial charge is 0.168 e. The molecule has 1 heteroatoms. The van der Waals surface area contributed by atoms with E-state index in [1.807, 2.05) is 20.8 Å². The van der Waals surface area contributed by atoms with E-state index in [4.69, 9.17) is 0 Å². The second kappa shape index (κ2) is 4.29. The molecule has 94 valence electrons. The zero-order valence-electron chi connectivity index (χ0n) is 12.4. The van der Waals surface area contributed by atoms with Crippen molar-refractivity contribution in [1.29, 1.82) is 0 Å². The maximum atomic E-state index is 12.5. The molecule has 0 heterocycles. The zero-order chi connectivity index (χ0) is 13.5. The number of hydrogen-bond acceptors (Lipinski definition) is 1. The Morgan fingerprint density at radius 1 is 0.706 bits per heavy atom. The molecule has 1 nitrogen and oxygen atoms in total. The minimum atomic E-state index is -0.316. The van der Waals surface area contributed by atoms with Gasteiger partial charge in [0.15, 0.2) is 5.78 Å². The summed E-state index contributed by atoms with van der Waals surface area (Å²) in [7, 11) is 0. The van der Waals surface area contributed by atoms with Gasteiger partial charge in [-0.1, -0.05) is 20.8 Å². The molecule has 0 spiro atoms. The average Bonchev–Trinajstić information content (AvgIpc) is 2.22. The molecule has 0 radical (unpaired) electrons. The molecule has 1 aromatic carbocycles. The van der Waals surface area contributed by atoms with Gasteiger partial charge in [0.2, 0.25) is 0 Å². The fourth-order valence-corrected chi connectivity index (χ4v) is 2.22. The van der Waals surface area contributed by atoms with Crippen molar-refractivity contribution < 1.29 is 4.79 Å². The van der Waals surface area contributed by atoms with E-state index in [1.54, 1.807) is 0 Å². The number of benzene rings is 1. The Morgan fingerprint density at radius 3 is 1.29 bits per heavy atom. The lowest BCUT2D eigenvalue weighted by Crippen LogP contribution is -2.23. The first kappa shape index (κ1) is 14.0. The van der Waals surface area contributed by atoms with Crippen LogP contribution in [0.5, 0.6) is 0 Å². The first-order chi connectivity index (χ1) is 7.59. The van der Waals surface area contributed by atoms with Gasteiger partial charge in [-0.2, -0.15) is 0 Å². The third-order valence-electron chi connectivity index (χ3n) is 3.91. The average molecular weight is 232 g/mol. The molecule has 0 aliphatic carbocycles. The summed E-state index contributed by atoms with van der Waals surface area (Å²) in [6.07, 6.45) is 0. The van der Waals surface area contributed by atoms with Crippen molar-refractivity contribution in [2.45, 2.75) is 55.4 Å². The van der Waals surface area contributed by atoms with Crippen molar-refractivity contribution in [2.75, 3.05) is 0 Å². The summed E-state index contributed by atoms with van der Waals surface area (Å²) in [5, 5.41) is 0. The van der Waals surface area contributed by atoms with Crippen LogP contribution in [0.4, 0.5) is 0 Å². The maximum Gasteiger partial charge on any atom is 0.168 e. The van der Waals surface area contributed by atoms with E-state index in [0.717, 1.165) is 16.7 Å². The van der Waals surface area contributed by atoms with Gasteiger partial charge in [-0.15, -0.1) is 0 Å². The van der Waals surface area contributed by atoms with Gasteiger partial charge < -0.3 is 0 Å². The summed E-state index contributed by atoms with van der Waals surface area (Å²) in [6, 6.07) is 0. The number of hydrogen-bond donors (Lipinski definition) is 0. The van der Waals surface area contributed by atoms with Gasteiger partial charge in [0.05, 0.1) is 0 Å². The van der Waals surface area contributed by atoms with Crippen molar-refractivity contribution in [3.05, 3.63) is 33.4 Å². The lowest BCUT2D eigenvalue weighted by Gasteiger charge is -2.23. The minimum absolute atomic E-state index is 0.249. The predicted octanol–water partition coefficient (Wildman–Crippen LogP) is 4.46. The molecule has 1 aromatic rings. The second-order valence-electron chi connectivity index (χ2n) is 6.08. The minimum Gasteiger partial charge on any atom is -0.294 e. The molecule has 0 N–H and O–H groups in total. The topological polar surface area (TPSA) is 17.1 Å². The van der Waals surface area contributed by atoms with Gasteiger partial charge in [0.25, 0.3) is 0 Å². The molecule has 0 amide bonds. The molecule has 0 saturated heterocycles. The van der Waals surface area contributed by atoms with Gasteiger partial charge in [-0.3, -0.25) is 4.79 Å². The van der Waals surface area contributed by atoms with Crippen LogP contribution in [-0.4, -0.2) is 5.78 Å². The number of Topliss-reactive ketones (excluding diaryl/α,β-unsaturated/α-hetero) is 1. The van der Waals surface area contributed by atoms with Crippen LogP contribution in [0.2, 0.25) is 0 Å². The molecule has 0 fully saturated rings. The molecular formula is C16H24O. The standard InChI is InChI=1S/C16H24O/c1-9-10(2)12(4)14(13(5)11(9)3)15(17)16(6,7)8/h1-8H3. The monoisotopic (exact) mass is 232 g/mol. The summed E-state index contributed by atoms with van der Waals surface area (Å²) in [4.78, 5) is 12.5. The summed E-state index contributed by atoms with van der Waals surface area (Å²) < 4.78 is 0. The molecule has 0 saturated carbocycles. The summed E-state index contributed by atoms with van der Waals surface area (Å²) >= 11 is 0. The highest BCUT2D eigenvalue weighted by Gasteiger charge is 2.27. The van der Waals surface area contributed by atoms with Crippen molar-refractivity contribution in [3.8, 4) is 0 Å². The first-order valence-corrected chi connectivity index (χ1v) is 6.20. The Labute approximate surface area is 105 Å². The Morgan fingerprint density at radius 2 is 1.00 bits per heavy atom. The highest BCUT2D eigenvalue weighted by atomic mass is 16.1. The highest BCUT2D eigenvalue weighted by molar-refractivity contribution is 6.02. The molecule has 0 aliphatic rings. The lowest BCUT2D eigenvalue weighted by atomic mass is 9.79. The van der Waals surface area contributed by atoms with Crippen molar-refractivity contribution in [3.63, 3.8) is 0 Å². The maximum absolute atomic E-state index is 12.5. The summed E-state index contributed by atoms with van der Waals surface area (Å²) in [5.41, 5.74) is 6.71. The fraction of sp³-hybridized carbons (Fsp3) is 0.562. The van der Waals surface area contributed by atoms with Crippen LogP contribution in [0.3, 0.4) is 0 Å². The fourth-order valence-electron chi connectivity index (χ4n) is 2.22. The molecule has 0 aliphatic heterocycles. The largest absolute Gasteiger partial charge is 0.294 e. The number of carbonyl (C=O) groups is 1. The second-order valence-corrected chi connectivity index (χ2v) is 6.08.